The van der Waals surface area contributed by atoms with Gasteiger partial charge in [0.05, 0.1) is 6.54 Å². The molecule has 2 N–H and O–H groups in total. The van der Waals surface area contributed by atoms with Gasteiger partial charge in [-0.15, -0.1) is 0 Å². The van der Waals surface area contributed by atoms with E-state index in [4.69, 9.17) is 19.9 Å². The fourth-order valence-corrected chi connectivity index (χ4v) is 2.43. The van der Waals surface area contributed by atoms with Gasteiger partial charge in [-0.2, -0.15) is 0 Å². The molecule has 0 aromatic heterocycles. The number of carbonyl (C=O) groups excluding carboxylic acids is 2. The van der Waals surface area contributed by atoms with E-state index in [0.29, 0.717) is 18.7 Å². The Bertz CT molecular complexity index is 592. The number of carbonyl (C=O) groups is 2. The van der Waals surface area contributed by atoms with E-state index in [1.54, 1.807) is 4.90 Å². The summed E-state index contributed by atoms with van der Waals surface area (Å²) in [5.74, 6) is 0.804. The molecule has 0 aliphatic carbocycles. The second-order valence-corrected chi connectivity index (χ2v) is 5.28. The predicted octanol–water partition coefficient (Wildman–Crippen LogP) is 1.26. The Labute approximate surface area is 140 Å². The number of nitrogens with two attached hydrogens (primary N) is 1. The number of fused-ring (bicyclic) bond motifs is 1. The van der Waals surface area contributed by atoms with Crippen molar-refractivity contribution >= 4 is 12.1 Å². The summed E-state index contributed by atoms with van der Waals surface area (Å²) in [7, 11) is 0. The van der Waals surface area contributed by atoms with Crippen LogP contribution >= 0.6 is 0 Å². The molecular formula is C16H22N2O6. The fraction of sp³-hybridized carbons (Fsp3) is 0.500. The van der Waals surface area contributed by atoms with Crippen LogP contribution in [-0.2, 0) is 20.7 Å². The van der Waals surface area contributed by atoms with Gasteiger partial charge in [-0.1, -0.05) is 6.07 Å². The quantitative estimate of drug-likeness (QED) is 0.590. The normalized spacial score (nSPS) is 13.3. The summed E-state index contributed by atoms with van der Waals surface area (Å²) in [5, 5.41) is 0. The van der Waals surface area contributed by atoms with Crippen molar-refractivity contribution in [3.8, 4) is 11.5 Å². The average Bonchev–Trinajstić information content (AvgIpc) is 3.03. The number of nitrogens with zero attached hydrogens (tertiary/aromatic N) is 1. The van der Waals surface area contributed by atoms with Crippen molar-refractivity contribution in [1.82, 2.24) is 4.90 Å². The van der Waals surface area contributed by atoms with Crippen LogP contribution in [0.25, 0.3) is 0 Å². The summed E-state index contributed by atoms with van der Waals surface area (Å²) in [4.78, 5) is 24.6. The second kappa shape index (κ2) is 8.39. The molecule has 1 amide bonds. The third-order valence-electron chi connectivity index (χ3n) is 3.64. The molecule has 0 bridgehead atoms. The first kappa shape index (κ1) is 17.9. The Balaban J connectivity index is 1.89. The maximum absolute atomic E-state index is 12.1. The molecule has 1 heterocycles. The summed E-state index contributed by atoms with van der Waals surface area (Å²) in [6, 6.07) is 5.59. The number of likely N-dealkylation sites (N-methyl/N-ethyl adjacent to an activating group) is 1. The fourth-order valence-electron chi connectivity index (χ4n) is 2.43. The van der Waals surface area contributed by atoms with Crippen molar-refractivity contribution in [3.05, 3.63) is 23.8 Å². The van der Waals surface area contributed by atoms with Gasteiger partial charge in [0.1, 0.15) is 0 Å². The molecule has 1 aromatic carbocycles. The van der Waals surface area contributed by atoms with E-state index in [1.807, 2.05) is 32.0 Å². The van der Waals surface area contributed by atoms with Crippen LogP contribution < -0.4 is 15.2 Å². The predicted molar refractivity (Wildman–Crippen MR) is 84.6 cm³/mol. The SMILES string of the molecule is CCN(C(=O)OCOC(=O)CN)C(C)Cc1ccc2c(c1)OCO2. The number of rotatable bonds is 7. The number of ether oxygens (including phenoxy) is 4. The van der Waals surface area contributed by atoms with Gasteiger partial charge in [-0.3, -0.25) is 4.79 Å². The Morgan fingerprint density at radius 1 is 1.29 bits per heavy atom. The molecule has 1 atom stereocenters. The van der Waals surface area contributed by atoms with Crippen molar-refractivity contribution in [3.63, 3.8) is 0 Å². The summed E-state index contributed by atoms with van der Waals surface area (Å²) >= 11 is 0. The van der Waals surface area contributed by atoms with E-state index in [0.717, 1.165) is 11.3 Å². The number of esters is 1. The van der Waals surface area contributed by atoms with Crippen LogP contribution in [0.2, 0.25) is 0 Å². The van der Waals surface area contributed by atoms with Gasteiger partial charge in [0.15, 0.2) is 11.5 Å². The standard InChI is InChI=1S/C16H22N2O6/c1-3-18(16(20)24-10-23-15(19)8-17)11(2)6-12-4-5-13-14(7-12)22-9-21-13/h4-5,7,11H,3,6,8-10,17H2,1-2H3. The van der Waals surface area contributed by atoms with Crippen molar-refractivity contribution in [2.24, 2.45) is 5.73 Å². The van der Waals surface area contributed by atoms with Gasteiger partial charge < -0.3 is 29.6 Å². The van der Waals surface area contributed by atoms with E-state index < -0.39 is 18.9 Å². The van der Waals surface area contributed by atoms with Crippen molar-refractivity contribution in [1.29, 1.82) is 0 Å². The highest BCUT2D eigenvalue weighted by Gasteiger charge is 2.22. The van der Waals surface area contributed by atoms with Crippen molar-refractivity contribution < 1.29 is 28.5 Å². The lowest BCUT2D eigenvalue weighted by Gasteiger charge is -2.27. The molecule has 2 rings (SSSR count). The molecule has 1 unspecified atom stereocenters. The second-order valence-electron chi connectivity index (χ2n) is 5.28. The van der Waals surface area contributed by atoms with Gasteiger partial charge in [0.2, 0.25) is 13.6 Å². The average molecular weight is 338 g/mol. The first-order chi connectivity index (χ1) is 11.5. The summed E-state index contributed by atoms with van der Waals surface area (Å²) in [6.45, 7) is 3.76. The number of benzene rings is 1. The molecule has 1 aliphatic heterocycles. The smallest absolute Gasteiger partial charge is 0.412 e. The van der Waals surface area contributed by atoms with Crippen molar-refractivity contribution in [2.45, 2.75) is 26.3 Å². The van der Waals surface area contributed by atoms with Gasteiger partial charge in [-0.05, 0) is 38.0 Å². The third kappa shape index (κ3) is 4.51. The van der Waals surface area contributed by atoms with Gasteiger partial charge in [0.25, 0.3) is 0 Å². The first-order valence-corrected chi connectivity index (χ1v) is 7.72. The Hall–Kier alpha value is -2.48. The molecule has 1 aliphatic rings. The number of hydrogen-bond donors (Lipinski definition) is 1. The molecule has 8 heteroatoms. The van der Waals surface area contributed by atoms with Crippen LogP contribution in [0.4, 0.5) is 4.79 Å². The summed E-state index contributed by atoms with van der Waals surface area (Å²) < 4.78 is 20.2. The van der Waals surface area contributed by atoms with E-state index in [1.165, 1.54) is 0 Å². The number of amides is 1. The Morgan fingerprint density at radius 3 is 2.75 bits per heavy atom. The lowest BCUT2D eigenvalue weighted by atomic mass is 10.1. The van der Waals surface area contributed by atoms with Crippen LogP contribution in [0.15, 0.2) is 18.2 Å². The minimum atomic E-state index is -0.626. The molecule has 8 nitrogen and oxygen atoms in total. The lowest BCUT2D eigenvalue weighted by Crippen LogP contribution is -2.40. The van der Waals surface area contributed by atoms with Crippen LogP contribution in [0, 0.1) is 0 Å². The highest BCUT2D eigenvalue weighted by molar-refractivity contribution is 5.71. The molecule has 132 valence electrons. The molecule has 0 saturated heterocycles. The van der Waals surface area contributed by atoms with Crippen molar-refractivity contribution in [2.75, 3.05) is 26.7 Å². The van der Waals surface area contributed by atoms with Gasteiger partial charge >= 0.3 is 12.1 Å². The lowest BCUT2D eigenvalue weighted by molar-refractivity contribution is -0.150. The zero-order valence-corrected chi connectivity index (χ0v) is 13.8. The Morgan fingerprint density at radius 2 is 2.04 bits per heavy atom. The van der Waals surface area contributed by atoms with E-state index >= 15 is 0 Å². The maximum Gasteiger partial charge on any atom is 0.412 e. The minimum Gasteiger partial charge on any atom is -0.454 e. The van der Waals surface area contributed by atoms with Crippen LogP contribution in [-0.4, -0.2) is 49.7 Å². The molecule has 0 fully saturated rings. The van der Waals surface area contributed by atoms with E-state index in [-0.39, 0.29) is 19.4 Å². The summed E-state index contributed by atoms with van der Waals surface area (Å²) in [6.07, 6.45) is 0.0814. The van der Waals surface area contributed by atoms with Crippen LogP contribution in [0.5, 0.6) is 11.5 Å². The van der Waals surface area contributed by atoms with E-state index in [9.17, 15) is 9.59 Å². The Kier molecular flexibility index (Phi) is 6.25. The van der Waals surface area contributed by atoms with E-state index in [2.05, 4.69) is 4.74 Å². The monoisotopic (exact) mass is 338 g/mol. The third-order valence-corrected chi connectivity index (χ3v) is 3.64. The van der Waals surface area contributed by atoms with Crippen LogP contribution in [0.3, 0.4) is 0 Å². The topological polar surface area (TPSA) is 100 Å². The molecule has 0 saturated carbocycles. The molecule has 0 radical (unpaired) electrons. The molecule has 24 heavy (non-hydrogen) atoms. The highest BCUT2D eigenvalue weighted by Crippen LogP contribution is 2.33. The summed E-state index contributed by atoms with van der Waals surface area (Å²) in [5.41, 5.74) is 6.12. The molecular weight excluding hydrogens is 316 g/mol. The minimum absolute atomic E-state index is 0.104. The number of hydrogen-bond acceptors (Lipinski definition) is 7. The highest BCUT2D eigenvalue weighted by atomic mass is 16.7. The van der Waals surface area contributed by atoms with Gasteiger partial charge in [-0.25, -0.2) is 4.79 Å². The van der Waals surface area contributed by atoms with Crippen LogP contribution in [0.1, 0.15) is 19.4 Å². The maximum atomic E-state index is 12.1. The molecule has 1 aromatic rings. The zero-order valence-electron chi connectivity index (χ0n) is 13.8. The zero-order chi connectivity index (χ0) is 17.5. The van der Waals surface area contributed by atoms with Gasteiger partial charge in [0, 0.05) is 12.6 Å². The molecule has 0 spiro atoms. The largest absolute Gasteiger partial charge is 0.454 e. The first-order valence-electron chi connectivity index (χ1n) is 7.72.